The van der Waals surface area contributed by atoms with Gasteiger partial charge < -0.3 is 4.74 Å². The molecule has 0 bridgehead atoms. The molecule has 18 heavy (non-hydrogen) atoms. The van der Waals surface area contributed by atoms with Crippen LogP contribution in [0.3, 0.4) is 0 Å². The van der Waals surface area contributed by atoms with E-state index in [0.717, 1.165) is 11.1 Å². The number of hydrogen-bond acceptors (Lipinski definition) is 1. The summed E-state index contributed by atoms with van der Waals surface area (Å²) in [6, 6.07) is 18.2. The van der Waals surface area contributed by atoms with E-state index in [2.05, 4.69) is 25.0 Å². The Morgan fingerprint density at radius 2 is 1.72 bits per heavy atom. The maximum atomic E-state index is 5.92. The van der Waals surface area contributed by atoms with E-state index in [-0.39, 0.29) is 11.7 Å². The predicted molar refractivity (Wildman–Crippen MR) is 72.0 cm³/mol. The highest BCUT2D eigenvalue weighted by Gasteiger charge is 2.54. The molecule has 3 rings (SSSR count). The lowest BCUT2D eigenvalue weighted by molar-refractivity contribution is 0.313. The summed E-state index contributed by atoms with van der Waals surface area (Å²) in [5.74, 6) is 2.73. The van der Waals surface area contributed by atoms with E-state index in [4.69, 9.17) is 11.2 Å². The zero-order valence-corrected chi connectivity index (χ0v) is 10.3. The van der Waals surface area contributed by atoms with Crippen LogP contribution in [0.15, 0.2) is 54.6 Å². The third kappa shape index (κ3) is 1.63. The number of benzene rings is 2. The maximum absolute atomic E-state index is 5.92. The van der Waals surface area contributed by atoms with Crippen molar-refractivity contribution in [2.75, 3.05) is 0 Å². The highest BCUT2D eigenvalue weighted by atomic mass is 16.6. The Bertz CT molecular complexity index is 609. The Hall–Kier alpha value is -2.04. The van der Waals surface area contributed by atoms with Crippen molar-refractivity contribution in [3.05, 3.63) is 71.3 Å². The SMILES string of the molecule is C#Cc1ccccc1[C@@H]1O[C@@]1(C)c1ccccc1. The molecule has 1 heterocycles. The molecule has 0 amide bonds. The van der Waals surface area contributed by atoms with Gasteiger partial charge in [-0.3, -0.25) is 0 Å². The van der Waals surface area contributed by atoms with E-state index in [9.17, 15) is 0 Å². The first kappa shape index (κ1) is 11.1. The monoisotopic (exact) mass is 234 g/mol. The second-order valence-corrected chi connectivity index (χ2v) is 4.70. The van der Waals surface area contributed by atoms with Crippen LogP contribution in [0.2, 0.25) is 0 Å². The van der Waals surface area contributed by atoms with E-state index < -0.39 is 0 Å². The lowest BCUT2D eigenvalue weighted by atomic mass is 9.91. The fourth-order valence-corrected chi connectivity index (χ4v) is 2.42. The van der Waals surface area contributed by atoms with Gasteiger partial charge in [0.05, 0.1) is 0 Å². The fourth-order valence-electron chi connectivity index (χ4n) is 2.42. The van der Waals surface area contributed by atoms with E-state index >= 15 is 0 Å². The summed E-state index contributed by atoms with van der Waals surface area (Å²) in [4.78, 5) is 0. The number of epoxide rings is 1. The summed E-state index contributed by atoms with van der Waals surface area (Å²) in [5, 5.41) is 0. The highest BCUT2D eigenvalue weighted by Crippen LogP contribution is 2.57. The maximum Gasteiger partial charge on any atom is 0.122 e. The zero-order valence-electron chi connectivity index (χ0n) is 10.3. The average molecular weight is 234 g/mol. The molecule has 1 fully saturated rings. The van der Waals surface area contributed by atoms with Gasteiger partial charge in [-0.2, -0.15) is 0 Å². The molecular formula is C17H14O. The molecule has 0 unspecified atom stereocenters. The van der Waals surface area contributed by atoms with E-state index in [1.54, 1.807) is 0 Å². The van der Waals surface area contributed by atoms with Crippen LogP contribution in [0.25, 0.3) is 0 Å². The van der Waals surface area contributed by atoms with Gasteiger partial charge in [0.2, 0.25) is 0 Å². The van der Waals surface area contributed by atoms with Crippen LogP contribution in [0.4, 0.5) is 0 Å². The first-order chi connectivity index (χ1) is 8.75. The van der Waals surface area contributed by atoms with Crippen LogP contribution in [0, 0.1) is 12.3 Å². The molecule has 0 aliphatic carbocycles. The van der Waals surface area contributed by atoms with Crippen molar-refractivity contribution >= 4 is 0 Å². The minimum atomic E-state index is -0.242. The average Bonchev–Trinajstić information content (AvgIpc) is 3.13. The molecule has 1 heteroatoms. The number of terminal acetylenes is 1. The Balaban J connectivity index is 1.97. The first-order valence-corrected chi connectivity index (χ1v) is 6.04. The third-order valence-corrected chi connectivity index (χ3v) is 3.55. The van der Waals surface area contributed by atoms with Crippen molar-refractivity contribution in [1.29, 1.82) is 0 Å². The molecule has 1 nitrogen and oxygen atoms in total. The zero-order chi connectivity index (χ0) is 12.6. The molecule has 1 aliphatic heterocycles. The Morgan fingerprint density at radius 1 is 1.06 bits per heavy atom. The molecule has 88 valence electrons. The second-order valence-electron chi connectivity index (χ2n) is 4.70. The van der Waals surface area contributed by atoms with E-state index in [1.165, 1.54) is 5.56 Å². The number of ether oxygens (including phenoxy) is 1. The Labute approximate surface area is 107 Å². The van der Waals surface area contributed by atoms with Gasteiger partial charge in [-0.1, -0.05) is 54.5 Å². The molecule has 2 atom stereocenters. The minimum absolute atomic E-state index is 0.0622. The second kappa shape index (κ2) is 4.01. The van der Waals surface area contributed by atoms with Crippen LogP contribution in [-0.4, -0.2) is 0 Å². The quantitative estimate of drug-likeness (QED) is 0.570. The molecule has 0 aromatic heterocycles. The topological polar surface area (TPSA) is 12.5 Å². The van der Waals surface area contributed by atoms with Gasteiger partial charge >= 0.3 is 0 Å². The third-order valence-electron chi connectivity index (χ3n) is 3.55. The van der Waals surface area contributed by atoms with E-state index in [1.807, 2.05) is 42.5 Å². The van der Waals surface area contributed by atoms with Gasteiger partial charge in [0.1, 0.15) is 11.7 Å². The first-order valence-electron chi connectivity index (χ1n) is 6.04. The van der Waals surface area contributed by atoms with Crippen LogP contribution >= 0.6 is 0 Å². The molecule has 0 N–H and O–H groups in total. The standard InChI is InChI=1S/C17H14O/c1-3-13-9-7-8-12-15(13)16-17(2,18-16)14-10-5-4-6-11-14/h1,4-12,16H,2H3/t16-,17-/m0/s1. The largest absolute Gasteiger partial charge is 0.356 e. The van der Waals surface area contributed by atoms with Gasteiger partial charge in [0.25, 0.3) is 0 Å². The normalized spacial score (nSPS) is 25.4. The van der Waals surface area contributed by atoms with E-state index in [0.29, 0.717) is 0 Å². The lowest BCUT2D eigenvalue weighted by Crippen LogP contribution is -2.04. The van der Waals surface area contributed by atoms with Crippen LogP contribution < -0.4 is 0 Å². The van der Waals surface area contributed by atoms with Crippen molar-refractivity contribution in [2.24, 2.45) is 0 Å². The minimum Gasteiger partial charge on any atom is -0.356 e. The molecule has 1 saturated heterocycles. The van der Waals surface area contributed by atoms with Gasteiger partial charge in [-0.05, 0) is 24.1 Å². The predicted octanol–water partition coefficient (Wildman–Crippen LogP) is 3.65. The molecule has 0 radical (unpaired) electrons. The van der Waals surface area contributed by atoms with Crippen LogP contribution in [-0.2, 0) is 10.3 Å². The molecular weight excluding hydrogens is 220 g/mol. The van der Waals surface area contributed by atoms with Crippen molar-refractivity contribution in [1.82, 2.24) is 0 Å². The smallest absolute Gasteiger partial charge is 0.122 e. The van der Waals surface area contributed by atoms with Crippen LogP contribution in [0.5, 0.6) is 0 Å². The molecule has 2 aromatic rings. The summed E-state index contributed by atoms with van der Waals surface area (Å²) in [6.45, 7) is 2.11. The summed E-state index contributed by atoms with van der Waals surface area (Å²) >= 11 is 0. The Kier molecular flexibility index (Phi) is 2.47. The molecule has 2 aromatic carbocycles. The van der Waals surface area contributed by atoms with Crippen molar-refractivity contribution in [3.63, 3.8) is 0 Å². The lowest BCUT2D eigenvalue weighted by Gasteiger charge is -2.07. The van der Waals surface area contributed by atoms with Gasteiger partial charge in [0.15, 0.2) is 0 Å². The molecule has 0 saturated carbocycles. The van der Waals surface area contributed by atoms with Gasteiger partial charge in [-0.15, -0.1) is 6.42 Å². The van der Waals surface area contributed by atoms with Gasteiger partial charge in [-0.25, -0.2) is 0 Å². The van der Waals surface area contributed by atoms with Crippen molar-refractivity contribution < 1.29 is 4.74 Å². The summed E-state index contributed by atoms with van der Waals surface area (Å²) in [7, 11) is 0. The summed E-state index contributed by atoms with van der Waals surface area (Å²) in [6.07, 6.45) is 5.60. The summed E-state index contributed by atoms with van der Waals surface area (Å²) < 4.78 is 5.92. The summed E-state index contributed by atoms with van der Waals surface area (Å²) in [5.41, 5.74) is 2.98. The van der Waals surface area contributed by atoms with Crippen molar-refractivity contribution in [2.45, 2.75) is 18.6 Å². The van der Waals surface area contributed by atoms with Crippen molar-refractivity contribution in [3.8, 4) is 12.3 Å². The molecule has 0 spiro atoms. The Morgan fingerprint density at radius 3 is 2.44 bits per heavy atom. The molecule has 1 aliphatic rings. The van der Waals surface area contributed by atoms with Crippen LogP contribution in [0.1, 0.15) is 29.7 Å². The fraction of sp³-hybridized carbons (Fsp3) is 0.176. The number of hydrogen-bond donors (Lipinski definition) is 0. The number of rotatable bonds is 2. The van der Waals surface area contributed by atoms with Gasteiger partial charge in [0, 0.05) is 5.56 Å². The highest BCUT2D eigenvalue weighted by molar-refractivity contribution is 5.45.